The summed E-state index contributed by atoms with van der Waals surface area (Å²) in [5, 5.41) is 6.16. The maximum Gasteiger partial charge on any atom is 0.245 e. The molecule has 1 heterocycles. The summed E-state index contributed by atoms with van der Waals surface area (Å²) < 4.78 is 28.6. The maximum absolute atomic E-state index is 12.7. The molecule has 6 nitrogen and oxygen atoms in total. The van der Waals surface area contributed by atoms with Crippen LogP contribution in [0.15, 0.2) is 18.2 Å². The highest BCUT2D eigenvalue weighted by molar-refractivity contribution is 7.92. The van der Waals surface area contributed by atoms with Crippen LogP contribution in [0.4, 0.5) is 5.69 Å². The van der Waals surface area contributed by atoms with Gasteiger partial charge in [-0.25, -0.2) is 8.42 Å². The Balaban J connectivity index is 2.20. The van der Waals surface area contributed by atoms with Crippen LogP contribution in [0.3, 0.4) is 0 Å². The third-order valence-corrected chi connectivity index (χ3v) is 6.49. The first kappa shape index (κ1) is 19.0. The van der Waals surface area contributed by atoms with Crippen LogP contribution in [0.5, 0.6) is 5.75 Å². The van der Waals surface area contributed by atoms with Gasteiger partial charge >= 0.3 is 0 Å². The van der Waals surface area contributed by atoms with Crippen LogP contribution in [-0.2, 0) is 14.6 Å². The van der Waals surface area contributed by atoms with Gasteiger partial charge in [0.2, 0.25) is 5.91 Å². The summed E-state index contributed by atoms with van der Waals surface area (Å²) in [6, 6.07) is 4.90. The molecule has 134 valence electrons. The zero-order chi connectivity index (χ0) is 17.8. The standard InChI is InChI=1S/C16H23ClN2O4S/c1-3-10-23-14-5-4-12(11-13(14)17)19-15(20)16(24(2,21)22)6-8-18-9-7-16/h4-5,11,18H,3,6-10H2,1-2H3,(H,19,20). The lowest BCUT2D eigenvalue weighted by Gasteiger charge is -2.34. The van der Waals surface area contributed by atoms with Crippen molar-refractivity contribution in [2.45, 2.75) is 30.9 Å². The second-order valence-corrected chi connectivity index (χ2v) is 8.70. The van der Waals surface area contributed by atoms with Crippen molar-refractivity contribution in [3.63, 3.8) is 0 Å². The molecule has 1 aliphatic rings. The van der Waals surface area contributed by atoms with Gasteiger partial charge in [-0.15, -0.1) is 0 Å². The zero-order valence-electron chi connectivity index (χ0n) is 13.9. The number of sulfone groups is 1. The fourth-order valence-electron chi connectivity index (χ4n) is 2.75. The number of halogens is 1. The average molecular weight is 375 g/mol. The van der Waals surface area contributed by atoms with Crippen molar-refractivity contribution in [2.75, 3.05) is 31.3 Å². The molecule has 0 saturated carbocycles. The predicted molar refractivity (Wildman–Crippen MR) is 95.5 cm³/mol. The molecule has 0 unspecified atom stereocenters. The molecule has 2 N–H and O–H groups in total. The number of hydrogen-bond acceptors (Lipinski definition) is 5. The highest BCUT2D eigenvalue weighted by Gasteiger charge is 2.48. The summed E-state index contributed by atoms with van der Waals surface area (Å²) in [5.74, 6) is 0.0287. The number of ether oxygens (including phenoxy) is 1. The maximum atomic E-state index is 12.7. The molecule has 0 bridgehead atoms. The van der Waals surface area contributed by atoms with Crippen LogP contribution in [-0.4, -0.2) is 45.0 Å². The Labute approximate surface area is 147 Å². The second kappa shape index (κ2) is 7.72. The SMILES string of the molecule is CCCOc1ccc(NC(=O)C2(S(C)(=O)=O)CCNCC2)cc1Cl. The number of rotatable bonds is 6. The van der Waals surface area contributed by atoms with Crippen molar-refractivity contribution in [3.05, 3.63) is 23.2 Å². The first-order valence-electron chi connectivity index (χ1n) is 7.94. The summed E-state index contributed by atoms with van der Waals surface area (Å²) >= 11 is 6.15. The van der Waals surface area contributed by atoms with Gasteiger partial charge in [-0.3, -0.25) is 4.79 Å². The van der Waals surface area contributed by atoms with Gasteiger partial charge in [-0.05, 0) is 50.6 Å². The third kappa shape index (κ3) is 4.02. The Kier molecular flexibility index (Phi) is 6.11. The van der Waals surface area contributed by atoms with Gasteiger partial charge in [0.15, 0.2) is 14.6 Å². The van der Waals surface area contributed by atoms with E-state index in [0.717, 1.165) is 12.7 Å². The summed E-state index contributed by atoms with van der Waals surface area (Å²) in [4.78, 5) is 12.7. The first-order valence-corrected chi connectivity index (χ1v) is 10.2. The molecule has 1 fully saturated rings. The zero-order valence-corrected chi connectivity index (χ0v) is 15.5. The van der Waals surface area contributed by atoms with Crippen LogP contribution in [0.25, 0.3) is 0 Å². The number of hydrogen-bond donors (Lipinski definition) is 2. The van der Waals surface area contributed by atoms with E-state index in [4.69, 9.17) is 16.3 Å². The smallest absolute Gasteiger partial charge is 0.245 e. The lowest BCUT2D eigenvalue weighted by molar-refractivity contribution is -0.119. The Hall–Kier alpha value is -1.31. The molecule has 1 aliphatic heterocycles. The molecule has 0 spiro atoms. The number of nitrogens with one attached hydrogen (secondary N) is 2. The Morgan fingerprint density at radius 1 is 1.38 bits per heavy atom. The second-order valence-electron chi connectivity index (χ2n) is 5.96. The molecule has 1 saturated heterocycles. The summed E-state index contributed by atoms with van der Waals surface area (Å²) in [5.41, 5.74) is 0.454. The van der Waals surface area contributed by atoms with Gasteiger partial charge in [0.1, 0.15) is 5.75 Å². The van der Waals surface area contributed by atoms with Gasteiger partial charge < -0.3 is 15.4 Å². The summed E-state index contributed by atoms with van der Waals surface area (Å²) in [7, 11) is -3.55. The summed E-state index contributed by atoms with van der Waals surface area (Å²) in [6.45, 7) is 3.53. The predicted octanol–water partition coefficient (Wildman–Crippen LogP) is 2.23. The van der Waals surface area contributed by atoms with Crippen LogP contribution < -0.4 is 15.4 Å². The van der Waals surface area contributed by atoms with Crippen molar-refractivity contribution in [1.82, 2.24) is 5.32 Å². The van der Waals surface area contributed by atoms with E-state index in [-0.39, 0.29) is 12.8 Å². The fourth-order valence-corrected chi connectivity index (χ4v) is 4.32. The number of amides is 1. The van der Waals surface area contributed by atoms with Crippen molar-refractivity contribution >= 4 is 33.0 Å². The highest BCUT2D eigenvalue weighted by Crippen LogP contribution is 2.32. The van der Waals surface area contributed by atoms with E-state index in [0.29, 0.717) is 36.2 Å². The minimum absolute atomic E-state index is 0.253. The molecule has 0 aromatic heterocycles. The molecule has 1 amide bonds. The Bertz CT molecular complexity index is 700. The molecular weight excluding hydrogens is 352 g/mol. The van der Waals surface area contributed by atoms with Gasteiger partial charge in [0, 0.05) is 11.9 Å². The van der Waals surface area contributed by atoms with Crippen molar-refractivity contribution in [1.29, 1.82) is 0 Å². The fraction of sp³-hybridized carbons (Fsp3) is 0.562. The van der Waals surface area contributed by atoms with Crippen molar-refractivity contribution in [3.8, 4) is 5.75 Å². The lowest BCUT2D eigenvalue weighted by Crippen LogP contribution is -2.55. The number of carbonyl (C=O) groups is 1. The van der Waals surface area contributed by atoms with Gasteiger partial charge in [-0.2, -0.15) is 0 Å². The first-order chi connectivity index (χ1) is 11.3. The van der Waals surface area contributed by atoms with E-state index in [1.807, 2.05) is 6.92 Å². The summed E-state index contributed by atoms with van der Waals surface area (Å²) in [6.07, 6.45) is 2.48. The van der Waals surface area contributed by atoms with Crippen LogP contribution in [0.2, 0.25) is 5.02 Å². The largest absolute Gasteiger partial charge is 0.492 e. The minimum Gasteiger partial charge on any atom is -0.492 e. The van der Waals surface area contributed by atoms with E-state index in [9.17, 15) is 13.2 Å². The molecule has 8 heteroatoms. The van der Waals surface area contributed by atoms with E-state index < -0.39 is 20.5 Å². The van der Waals surface area contributed by atoms with E-state index in [1.54, 1.807) is 18.2 Å². The Morgan fingerprint density at radius 2 is 2.04 bits per heavy atom. The van der Waals surface area contributed by atoms with E-state index in [1.165, 1.54) is 0 Å². The van der Waals surface area contributed by atoms with E-state index >= 15 is 0 Å². The molecule has 24 heavy (non-hydrogen) atoms. The molecule has 1 aromatic rings. The molecule has 0 radical (unpaired) electrons. The Morgan fingerprint density at radius 3 is 2.58 bits per heavy atom. The third-order valence-electron chi connectivity index (χ3n) is 4.19. The van der Waals surface area contributed by atoms with Crippen molar-refractivity contribution < 1.29 is 17.9 Å². The number of benzene rings is 1. The molecule has 0 aliphatic carbocycles. The van der Waals surface area contributed by atoms with Gasteiger partial charge in [0.05, 0.1) is 11.6 Å². The lowest BCUT2D eigenvalue weighted by atomic mass is 9.95. The van der Waals surface area contributed by atoms with Crippen LogP contribution in [0.1, 0.15) is 26.2 Å². The normalized spacial score (nSPS) is 17.3. The van der Waals surface area contributed by atoms with Gasteiger partial charge in [0.25, 0.3) is 0 Å². The van der Waals surface area contributed by atoms with E-state index in [2.05, 4.69) is 10.6 Å². The highest BCUT2D eigenvalue weighted by atomic mass is 35.5. The molecule has 0 atom stereocenters. The number of anilines is 1. The molecule has 2 rings (SSSR count). The van der Waals surface area contributed by atoms with Crippen LogP contribution in [0, 0.1) is 0 Å². The number of carbonyl (C=O) groups excluding carboxylic acids is 1. The molecular formula is C16H23ClN2O4S. The minimum atomic E-state index is -3.55. The quantitative estimate of drug-likeness (QED) is 0.797. The molecule has 1 aromatic carbocycles. The van der Waals surface area contributed by atoms with Crippen LogP contribution >= 0.6 is 11.6 Å². The average Bonchev–Trinajstić information content (AvgIpc) is 2.53. The monoisotopic (exact) mass is 374 g/mol. The van der Waals surface area contributed by atoms with Crippen molar-refractivity contribution in [2.24, 2.45) is 0 Å². The number of piperidine rings is 1. The van der Waals surface area contributed by atoms with Gasteiger partial charge in [-0.1, -0.05) is 18.5 Å². The topological polar surface area (TPSA) is 84.5 Å².